The van der Waals surface area contributed by atoms with Crippen molar-refractivity contribution < 1.29 is 0 Å². The Labute approximate surface area is 97.5 Å². The molecule has 84 valence electrons. The van der Waals surface area contributed by atoms with Gasteiger partial charge in [-0.3, -0.25) is 4.90 Å². The Balaban J connectivity index is 2.06. The molecule has 2 nitrogen and oxygen atoms in total. The molecule has 0 spiro atoms. The number of benzene rings is 1. The van der Waals surface area contributed by atoms with Crippen LogP contribution in [-0.4, -0.2) is 18.0 Å². The zero-order chi connectivity index (χ0) is 11.4. The first-order valence-corrected chi connectivity index (χ1v) is 6.00. The van der Waals surface area contributed by atoms with Crippen LogP contribution in [0.5, 0.6) is 0 Å². The third-order valence-electron chi connectivity index (χ3n) is 3.27. The molecular weight excluding hydrogens is 196 g/mol. The fourth-order valence-electron chi connectivity index (χ4n) is 2.44. The maximum atomic E-state index is 9.03. The molecule has 0 unspecified atom stereocenters. The molecule has 0 amide bonds. The van der Waals surface area contributed by atoms with Gasteiger partial charge in [0.1, 0.15) is 0 Å². The Kier molecular flexibility index (Phi) is 3.58. The van der Waals surface area contributed by atoms with Crippen LogP contribution in [0.4, 0.5) is 0 Å². The molecule has 0 saturated carbocycles. The van der Waals surface area contributed by atoms with Crippen molar-refractivity contribution in [2.75, 3.05) is 13.1 Å². The van der Waals surface area contributed by atoms with E-state index in [1.165, 1.54) is 31.5 Å². The summed E-state index contributed by atoms with van der Waals surface area (Å²) in [6.07, 6.45) is 2.63. The largest absolute Gasteiger partial charge is 0.299 e. The van der Waals surface area contributed by atoms with E-state index in [0.717, 1.165) is 18.0 Å². The van der Waals surface area contributed by atoms with Gasteiger partial charge < -0.3 is 0 Å². The number of rotatable bonds is 2. The summed E-state index contributed by atoms with van der Waals surface area (Å²) in [5.74, 6) is 0.794. The standard InChI is InChI=1S/C14H18N2/c1-12-5-4-8-16(10-12)11-14-7-3-2-6-13(14)9-15/h2-3,6-7,12H,4-5,8,10-11H2,1H3/t12-/m1/s1. The van der Waals surface area contributed by atoms with Crippen molar-refractivity contribution in [2.45, 2.75) is 26.3 Å². The maximum Gasteiger partial charge on any atom is 0.0995 e. The van der Waals surface area contributed by atoms with Gasteiger partial charge in [0, 0.05) is 13.1 Å². The molecule has 2 heteroatoms. The summed E-state index contributed by atoms with van der Waals surface area (Å²) < 4.78 is 0. The van der Waals surface area contributed by atoms with Crippen molar-refractivity contribution in [2.24, 2.45) is 5.92 Å². The van der Waals surface area contributed by atoms with Crippen LogP contribution in [0.15, 0.2) is 24.3 Å². The minimum Gasteiger partial charge on any atom is -0.299 e. The maximum absolute atomic E-state index is 9.03. The molecule has 0 aromatic heterocycles. The fourth-order valence-corrected chi connectivity index (χ4v) is 2.44. The summed E-state index contributed by atoms with van der Waals surface area (Å²) in [7, 11) is 0. The van der Waals surface area contributed by atoms with Gasteiger partial charge in [0.2, 0.25) is 0 Å². The van der Waals surface area contributed by atoms with E-state index in [1.54, 1.807) is 0 Å². The van der Waals surface area contributed by atoms with Crippen molar-refractivity contribution in [3.8, 4) is 6.07 Å². The predicted molar refractivity (Wildman–Crippen MR) is 64.8 cm³/mol. The molecule has 0 N–H and O–H groups in total. The lowest BCUT2D eigenvalue weighted by Gasteiger charge is -2.31. The topological polar surface area (TPSA) is 27.0 Å². The second-order valence-electron chi connectivity index (χ2n) is 4.75. The molecule has 0 aliphatic carbocycles. The van der Waals surface area contributed by atoms with E-state index in [0.29, 0.717) is 0 Å². The molecule has 1 aliphatic heterocycles. The Morgan fingerprint density at radius 1 is 1.44 bits per heavy atom. The van der Waals surface area contributed by atoms with Crippen molar-refractivity contribution in [1.82, 2.24) is 4.90 Å². The van der Waals surface area contributed by atoms with Crippen molar-refractivity contribution in [3.05, 3.63) is 35.4 Å². The van der Waals surface area contributed by atoms with Crippen LogP contribution >= 0.6 is 0 Å². The van der Waals surface area contributed by atoms with E-state index >= 15 is 0 Å². The summed E-state index contributed by atoms with van der Waals surface area (Å²) >= 11 is 0. The minimum atomic E-state index is 0.794. The van der Waals surface area contributed by atoms with E-state index in [-0.39, 0.29) is 0 Å². The molecular formula is C14H18N2. The zero-order valence-corrected chi connectivity index (χ0v) is 9.82. The van der Waals surface area contributed by atoms with E-state index in [2.05, 4.69) is 24.0 Å². The van der Waals surface area contributed by atoms with Crippen LogP contribution in [0.2, 0.25) is 0 Å². The number of nitrogens with zero attached hydrogens (tertiary/aromatic N) is 2. The highest BCUT2D eigenvalue weighted by atomic mass is 15.1. The Bertz CT molecular complexity index is 392. The molecule has 1 atom stereocenters. The second kappa shape index (κ2) is 5.14. The molecule has 1 aromatic carbocycles. The number of hydrogen-bond acceptors (Lipinski definition) is 2. The van der Waals surface area contributed by atoms with Crippen LogP contribution in [-0.2, 0) is 6.54 Å². The van der Waals surface area contributed by atoms with E-state index in [4.69, 9.17) is 5.26 Å². The highest BCUT2D eigenvalue weighted by Crippen LogP contribution is 2.19. The average molecular weight is 214 g/mol. The third kappa shape index (κ3) is 2.62. The lowest BCUT2D eigenvalue weighted by Crippen LogP contribution is -2.33. The van der Waals surface area contributed by atoms with Crippen molar-refractivity contribution in [1.29, 1.82) is 5.26 Å². The summed E-state index contributed by atoms with van der Waals surface area (Å²) in [5, 5.41) is 9.03. The van der Waals surface area contributed by atoms with Gasteiger partial charge >= 0.3 is 0 Å². The highest BCUT2D eigenvalue weighted by molar-refractivity contribution is 5.37. The van der Waals surface area contributed by atoms with Gasteiger partial charge in [-0.15, -0.1) is 0 Å². The predicted octanol–water partition coefficient (Wildman–Crippen LogP) is 2.79. The van der Waals surface area contributed by atoms with Crippen LogP contribution in [0.25, 0.3) is 0 Å². The first-order chi connectivity index (χ1) is 7.79. The molecule has 1 saturated heterocycles. The number of nitriles is 1. The molecule has 1 aliphatic rings. The van der Waals surface area contributed by atoms with Crippen LogP contribution in [0.1, 0.15) is 30.9 Å². The number of hydrogen-bond donors (Lipinski definition) is 0. The monoisotopic (exact) mass is 214 g/mol. The van der Waals surface area contributed by atoms with Gasteiger partial charge in [-0.25, -0.2) is 0 Å². The quantitative estimate of drug-likeness (QED) is 0.757. The fraction of sp³-hybridized carbons (Fsp3) is 0.500. The van der Waals surface area contributed by atoms with Gasteiger partial charge in [0.15, 0.2) is 0 Å². The summed E-state index contributed by atoms with van der Waals surface area (Å²) in [4.78, 5) is 2.46. The van der Waals surface area contributed by atoms with Gasteiger partial charge in [0.25, 0.3) is 0 Å². The van der Waals surface area contributed by atoms with Crippen LogP contribution in [0, 0.1) is 17.2 Å². The molecule has 1 aromatic rings. The Hall–Kier alpha value is -1.33. The molecule has 1 fully saturated rings. The highest BCUT2D eigenvalue weighted by Gasteiger charge is 2.16. The van der Waals surface area contributed by atoms with Crippen LogP contribution in [0.3, 0.4) is 0 Å². The lowest BCUT2D eigenvalue weighted by atomic mass is 9.99. The molecule has 0 radical (unpaired) electrons. The van der Waals surface area contributed by atoms with Crippen molar-refractivity contribution >= 4 is 0 Å². The molecule has 1 heterocycles. The van der Waals surface area contributed by atoms with E-state index < -0.39 is 0 Å². The lowest BCUT2D eigenvalue weighted by molar-refractivity contribution is 0.176. The third-order valence-corrected chi connectivity index (χ3v) is 3.27. The van der Waals surface area contributed by atoms with Gasteiger partial charge in [0.05, 0.1) is 11.6 Å². The first kappa shape index (κ1) is 11.2. The van der Waals surface area contributed by atoms with Crippen molar-refractivity contribution in [3.63, 3.8) is 0 Å². The summed E-state index contributed by atoms with van der Waals surface area (Å²) in [6, 6.07) is 10.2. The molecule has 2 rings (SSSR count). The first-order valence-electron chi connectivity index (χ1n) is 6.00. The average Bonchev–Trinajstić information content (AvgIpc) is 2.30. The normalized spacial score (nSPS) is 21.6. The smallest absolute Gasteiger partial charge is 0.0995 e. The zero-order valence-electron chi connectivity index (χ0n) is 9.82. The molecule has 16 heavy (non-hydrogen) atoms. The summed E-state index contributed by atoms with van der Waals surface area (Å²) in [5.41, 5.74) is 1.99. The van der Waals surface area contributed by atoms with Gasteiger partial charge in [-0.1, -0.05) is 25.1 Å². The van der Waals surface area contributed by atoms with Crippen LogP contribution < -0.4 is 0 Å². The number of piperidine rings is 1. The van der Waals surface area contributed by atoms with Gasteiger partial charge in [-0.05, 0) is 36.9 Å². The summed E-state index contributed by atoms with van der Waals surface area (Å²) in [6.45, 7) is 5.57. The number of likely N-dealkylation sites (tertiary alicyclic amines) is 1. The van der Waals surface area contributed by atoms with E-state index in [1.807, 2.05) is 18.2 Å². The van der Waals surface area contributed by atoms with Gasteiger partial charge in [-0.2, -0.15) is 5.26 Å². The second-order valence-corrected chi connectivity index (χ2v) is 4.75. The molecule has 0 bridgehead atoms. The Morgan fingerprint density at radius 2 is 2.25 bits per heavy atom. The van der Waals surface area contributed by atoms with E-state index in [9.17, 15) is 0 Å². The SMILES string of the molecule is C[C@@H]1CCCN(Cc2ccccc2C#N)C1. The minimum absolute atomic E-state index is 0.794. The Morgan fingerprint density at radius 3 is 3.00 bits per heavy atom.